The number of hydrogen-bond donors (Lipinski definition) is 10. The Bertz CT molecular complexity index is 1960. The van der Waals surface area contributed by atoms with Gasteiger partial charge in [0.1, 0.15) is 60.1 Å². The number of carbonyl (C=O) groups is 9. The van der Waals surface area contributed by atoms with E-state index in [4.69, 9.17) is 31.2 Å². The minimum Gasteiger partial charge on any atom is -0.480 e. The number of nitrogens with two attached hydrogens (primary N) is 2. The summed E-state index contributed by atoms with van der Waals surface area (Å²) in [7, 11) is 0. The molecule has 2 aromatic rings. The zero-order valence-corrected chi connectivity index (χ0v) is 40.0. The topological polar surface area (TPSA) is 405 Å². The van der Waals surface area contributed by atoms with Crippen LogP contribution >= 0.6 is 23.5 Å². The summed E-state index contributed by atoms with van der Waals surface area (Å²) in [6.07, 6.45) is 0.774. The summed E-state index contributed by atoms with van der Waals surface area (Å²) in [6, 6.07) is -2.63. The van der Waals surface area contributed by atoms with Crippen LogP contribution in [-0.4, -0.2) is 154 Å². The lowest BCUT2D eigenvalue weighted by Crippen LogP contribution is -2.49. The van der Waals surface area contributed by atoms with Gasteiger partial charge < -0.3 is 62.6 Å². The highest BCUT2D eigenvalue weighted by Gasteiger charge is 2.31. The van der Waals surface area contributed by atoms with Crippen LogP contribution in [0.2, 0.25) is 0 Å². The maximum atomic E-state index is 14.4. The van der Waals surface area contributed by atoms with Crippen LogP contribution in [0.15, 0.2) is 24.5 Å². The van der Waals surface area contributed by atoms with Crippen LogP contribution in [0.3, 0.4) is 0 Å². The second kappa shape index (κ2) is 27.6. The van der Waals surface area contributed by atoms with Gasteiger partial charge in [0.25, 0.3) is 0 Å². The SMILES string of the molecule is CC(C)(C)Oc1ccnc(C(CC(=O)CC(SCC(NC(=O)CCC(N)C(=O)O)C(=O)NCC(=O)O)c2ccnc(OC(C)(C)C)n2)SCC(NC(=O)CCC(N)C(=O)O)C(=O)NCC(=O)O)n1. The van der Waals surface area contributed by atoms with Gasteiger partial charge in [-0.2, -0.15) is 9.97 Å². The van der Waals surface area contributed by atoms with Crippen LogP contribution in [0.25, 0.3) is 0 Å². The molecule has 68 heavy (non-hydrogen) atoms. The van der Waals surface area contributed by atoms with Crippen LogP contribution in [-0.2, 0) is 43.2 Å². The Morgan fingerprint density at radius 1 is 0.647 bits per heavy atom. The molecule has 6 atom stereocenters. The number of hydrogen-bond acceptors (Lipinski definition) is 19. The fourth-order valence-electron chi connectivity index (χ4n) is 5.42. The average Bonchev–Trinajstić information content (AvgIpc) is 3.23. The third-order valence-corrected chi connectivity index (χ3v) is 11.3. The van der Waals surface area contributed by atoms with E-state index in [1.165, 1.54) is 24.5 Å². The molecule has 0 bridgehead atoms. The number of carboxylic acids is 4. The van der Waals surface area contributed by atoms with E-state index in [-0.39, 0.29) is 60.6 Å². The number of rotatable bonds is 30. The minimum absolute atomic E-state index is 0.0522. The number of nitrogens with zero attached hydrogens (tertiary/aromatic N) is 4. The standard InChI is InChI=1S/C41H60N10O15S2/c1-40(2,3)65-31-12-14-44-34(51-31)28(68-20-26(36(60)47-18-33(57)58)49-30(54)10-8-23(43)38(63)64)16-21(52)15-27(24-11-13-45-39(50-24)66-41(4,5)6)67-19-25(35(59)46-17-32(55)56)48-29(53)9-7-22(42)37(61)62/h11-14,22-23,25-28H,7-10,15-20,42-43H2,1-6H3,(H,46,59)(H,47,60)(H,48,53)(H,49,54)(H,55,56)(H,57,58)(H,61,62)(H,63,64). The summed E-state index contributed by atoms with van der Waals surface area (Å²) in [6.45, 7) is 9.01. The fourth-order valence-corrected chi connectivity index (χ4v) is 7.92. The molecular weight excluding hydrogens is 937 g/mol. The zero-order valence-electron chi connectivity index (χ0n) is 38.4. The third kappa shape index (κ3) is 23.5. The van der Waals surface area contributed by atoms with E-state index in [1.807, 2.05) is 0 Å². The van der Waals surface area contributed by atoms with Crippen molar-refractivity contribution in [1.29, 1.82) is 0 Å². The summed E-state index contributed by atoms with van der Waals surface area (Å²) in [4.78, 5) is 129. The lowest BCUT2D eigenvalue weighted by atomic mass is 10.1. The Hall–Kier alpha value is -6.19. The van der Waals surface area contributed by atoms with E-state index in [0.717, 1.165) is 23.5 Å². The number of Topliss-reactive ketones (excluding diaryl/α,β-unsaturated/α-hetero) is 1. The van der Waals surface area contributed by atoms with Crippen LogP contribution in [0, 0.1) is 0 Å². The monoisotopic (exact) mass is 996 g/mol. The molecule has 0 aliphatic rings. The molecule has 0 saturated carbocycles. The van der Waals surface area contributed by atoms with Gasteiger partial charge in [0, 0.05) is 55.6 Å². The van der Waals surface area contributed by atoms with Gasteiger partial charge in [-0.3, -0.25) is 43.2 Å². The Balaban J connectivity index is 2.59. The molecule has 6 unspecified atom stereocenters. The predicted molar refractivity (Wildman–Crippen MR) is 244 cm³/mol. The van der Waals surface area contributed by atoms with Crippen molar-refractivity contribution in [2.75, 3.05) is 24.6 Å². The molecule has 376 valence electrons. The summed E-state index contributed by atoms with van der Waals surface area (Å²) >= 11 is 1.95. The predicted octanol–water partition coefficient (Wildman–Crippen LogP) is -0.0253. The highest BCUT2D eigenvalue weighted by atomic mass is 32.2. The quantitative estimate of drug-likeness (QED) is 0.0491. The normalized spacial score (nSPS) is 14.1. The number of thioether (sulfide) groups is 2. The molecule has 2 heterocycles. The molecular formula is C41H60N10O15S2. The van der Waals surface area contributed by atoms with Gasteiger partial charge in [0.15, 0.2) is 0 Å². The van der Waals surface area contributed by atoms with Gasteiger partial charge >= 0.3 is 29.9 Å². The van der Waals surface area contributed by atoms with Gasteiger partial charge in [0.2, 0.25) is 29.5 Å². The maximum Gasteiger partial charge on any atom is 0.322 e. The number of aliphatic carboxylic acids is 4. The Labute approximate surface area is 399 Å². The molecule has 2 aromatic heterocycles. The van der Waals surface area contributed by atoms with Gasteiger partial charge in [-0.1, -0.05) is 0 Å². The van der Waals surface area contributed by atoms with Crippen LogP contribution in [0.4, 0.5) is 0 Å². The molecule has 4 amide bonds. The van der Waals surface area contributed by atoms with Crippen LogP contribution in [0.1, 0.15) is 102 Å². The summed E-state index contributed by atoms with van der Waals surface area (Å²) in [5.74, 6) is -9.58. The molecule has 0 spiro atoms. The minimum atomic E-state index is -1.41. The zero-order chi connectivity index (χ0) is 51.4. The largest absolute Gasteiger partial charge is 0.480 e. The average molecular weight is 997 g/mol. The van der Waals surface area contributed by atoms with Crippen LogP contribution in [0.5, 0.6) is 11.9 Å². The Morgan fingerprint density at radius 3 is 1.56 bits per heavy atom. The first-order valence-corrected chi connectivity index (χ1v) is 23.1. The van der Waals surface area contributed by atoms with E-state index in [2.05, 4.69) is 41.2 Å². The molecule has 25 nitrogen and oxygen atoms in total. The number of aromatic nitrogens is 4. The van der Waals surface area contributed by atoms with Crippen LogP contribution < -0.4 is 42.2 Å². The number of nitrogens with one attached hydrogen (secondary N) is 4. The second-order valence-electron chi connectivity index (χ2n) is 17.0. The molecule has 0 aliphatic carbocycles. The van der Waals surface area contributed by atoms with E-state index in [0.29, 0.717) is 0 Å². The molecule has 0 aromatic carbocycles. The van der Waals surface area contributed by atoms with E-state index in [9.17, 15) is 53.4 Å². The number of ketones is 1. The molecule has 0 radical (unpaired) electrons. The van der Waals surface area contributed by atoms with E-state index < -0.39 is 125 Å². The van der Waals surface area contributed by atoms with E-state index in [1.54, 1.807) is 41.5 Å². The summed E-state index contributed by atoms with van der Waals surface area (Å²) < 4.78 is 11.8. The Morgan fingerprint density at radius 2 is 1.10 bits per heavy atom. The summed E-state index contributed by atoms with van der Waals surface area (Å²) in [5, 5.41) is 44.2. The molecule has 0 aliphatic heterocycles. The number of ether oxygens (including phenoxy) is 2. The molecule has 0 fully saturated rings. The Kier molecular flexibility index (Phi) is 23.5. The second-order valence-corrected chi connectivity index (χ2v) is 19.4. The number of carbonyl (C=O) groups excluding carboxylic acids is 5. The highest BCUT2D eigenvalue weighted by molar-refractivity contribution is 7.99. The van der Waals surface area contributed by atoms with Crippen molar-refractivity contribution < 1.29 is 73.1 Å². The maximum absolute atomic E-state index is 14.4. The third-order valence-electron chi connectivity index (χ3n) is 8.61. The summed E-state index contributed by atoms with van der Waals surface area (Å²) in [5.41, 5.74) is 9.88. The molecule has 27 heteroatoms. The molecule has 0 saturated heterocycles. The first-order valence-electron chi connectivity index (χ1n) is 21.0. The first kappa shape index (κ1) is 57.9. The van der Waals surface area contributed by atoms with Crippen molar-refractivity contribution >= 4 is 76.8 Å². The van der Waals surface area contributed by atoms with Gasteiger partial charge in [-0.25, -0.2) is 9.97 Å². The lowest BCUT2D eigenvalue weighted by Gasteiger charge is -2.24. The van der Waals surface area contributed by atoms with Crippen molar-refractivity contribution in [3.8, 4) is 11.9 Å². The fraction of sp³-hybridized carbons (Fsp3) is 0.585. The van der Waals surface area contributed by atoms with Crippen molar-refractivity contribution in [3.05, 3.63) is 36.0 Å². The molecule has 12 N–H and O–H groups in total. The van der Waals surface area contributed by atoms with Crippen molar-refractivity contribution in [1.82, 2.24) is 41.2 Å². The number of amides is 4. The van der Waals surface area contributed by atoms with Crippen molar-refractivity contribution in [2.45, 2.75) is 126 Å². The smallest absolute Gasteiger partial charge is 0.322 e. The van der Waals surface area contributed by atoms with Crippen molar-refractivity contribution in [2.24, 2.45) is 11.5 Å². The number of carboxylic acid groups (broad SMARTS) is 4. The van der Waals surface area contributed by atoms with E-state index >= 15 is 0 Å². The van der Waals surface area contributed by atoms with Crippen molar-refractivity contribution in [3.63, 3.8) is 0 Å². The van der Waals surface area contributed by atoms with Gasteiger partial charge in [-0.15, -0.1) is 23.5 Å². The molecule has 2 rings (SSSR count). The van der Waals surface area contributed by atoms with Gasteiger partial charge in [-0.05, 0) is 60.5 Å². The first-order chi connectivity index (χ1) is 31.6. The van der Waals surface area contributed by atoms with Gasteiger partial charge in [0.05, 0.1) is 16.2 Å². The lowest BCUT2D eigenvalue weighted by molar-refractivity contribution is -0.140. The highest BCUT2D eigenvalue weighted by Crippen LogP contribution is 2.37.